The van der Waals surface area contributed by atoms with E-state index in [9.17, 15) is 22.0 Å². The normalized spacial score (nSPS) is 19.6. The van der Waals surface area contributed by atoms with Gasteiger partial charge in [-0.3, -0.25) is 4.79 Å². The number of nitriles is 1. The number of alkyl halides is 2. The van der Waals surface area contributed by atoms with Crippen molar-refractivity contribution in [1.29, 1.82) is 5.26 Å². The summed E-state index contributed by atoms with van der Waals surface area (Å²) in [5, 5.41) is 11.2. The molecule has 0 radical (unpaired) electrons. The number of carbonyl (C=O) groups excluding carboxylic acids is 1. The number of halogens is 2. The maximum atomic E-state index is 14.3. The number of oxazole rings is 1. The lowest BCUT2D eigenvalue weighted by molar-refractivity contribution is -0.133. The lowest BCUT2D eigenvalue weighted by Gasteiger charge is -2.34. The van der Waals surface area contributed by atoms with Crippen LogP contribution >= 0.6 is 0 Å². The molecule has 2 aromatic carbocycles. The van der Waals surface area contributed by atoms with Crippen LogP contribution in [-0.2, 0) is 14.6 Å². The number of carbonyl (C=O) groups is 1. The Kier molecular flexibility index (Phi) is 6.72. The first kappa shape index (κ1) is 24.5. The lowest BCUT2D eigenvalue weighted by atomic mass is 9.74. The molecule has 0 aliphatic heterocycles. The van der Waals surface area contributed by atoms with Crippen molar-refractivity contribution in [1.82, 2.24) is 10.3 Å². The largest absolute Gasteiger partial charge is 0.436 e. The van der Waals surface area contributed by atoms with Crippen molar-refractivity contribution in [3.8, 4) is 28.8 Å². The quantitative estimate of drug-likeness (QED) is 0.497. The van der Waals surface area contributed by atoms with E-state index in [0.29, 0.717) is 16.8 Å². The van der Waals surface area contributed by atoms with Crippen LogP contribution in [0, 0.1) is 17.2 Å². The first-order chi connectivity index (χ1) is 16.6. The van der Waals surface area contributed by atoms with Crippen LogP contribution in [0.2, 0.25) is 0 Å². The Balaban J connectivity index is 1.82. The Morgan fingerprint density at radius 2 is 1.86 bits per heavy atom. The van der Waals surface area contributed by atoms with Gasteiger partial charge in [-0.1, -0.05) is 18.2 Å². The third kappa shape index (κ3) is 5.41. The molecule has 1 amide bonds. The fourth-order valence-electron chi connectivity index (χ4n) is 4.34. The van der Waals surface area contributed by atoms with Crippen molar-refractivity contribution in [3.05, 3.63) is 60.3 Å². The van der Waals surface area contributed by atoms with Gasteiger partial charge in [-0.2, -0.15) is 5.26 Å². The Bertz CT molecular complexity index is 1360. The molecule has 1 aromatic heterocycles. The van der Waals surface area contributed by atoms with Crippen molar-refractivity contribution in [2.45, 2.75) is 36.0 Å². The van der Waals surface area contributed by atoms with Gasteiger partial charge in [0.25, 0.3) is 0 Å². The molecule has 2 atom stereocenters. The number of sulfone groups is 1. The molecule has 0 spiro atoms. The average molecular weight is 500 g/mol. The van der Waals surface area contributed by atoms with Gasteiger partial charge in [-0.05, 0) is 42.8 Å². The van der Waals surface area contributed by atoms with E-state index in [-0.39, 0.29) is 29.5 Å². The molecule has 3 aromatic rings. The van der Waals surface area contributed by atoms with Gasteiger partial charge in [-0.15, -0.1) is 0 Å². The van der Waals surface area contributed by atoms with Crippen LogP contribution in [0.25, 0.3) is 22.8 Å². The molecular formula is C25H23F2N3O4S. The van der Waals surface area contributed by atoms with Crippen LogP contribution < -0.4 is 5.32 Å². The summed E-state index contributed by atoms with van der Waals surface area (Å²) in [4.78, 5) is 17.5. The van der Waals surface area contributed by atoms with Gasteiger partial charge < -0.3 is 9.73 Å². The zero-order valence-electron chi connectivity index (χ0n) is 18.9. The summed E-state index contributed by atoms with van der Waals surface area (Å²) < 4.78 is 58.5. The van der Waals surface area contributed by atoms with Gasteiger partial charge in [0, 0.05) is 36.1 Å². The summed E-state index contributed by atoms with van der Waals surface area (Å²) in [5.74, 6) is -4.91. The molecule has 0 saturated heterocycles. The summed E-state index contributed by atoms with van der Waals surface area (Å²) in [6, 6.07) is 16.8. The number of amides is 1. The van der Waals surface area contributed by atoms with E-state index in [1.54, 1.807) is 42.5 Å². The van der Waals surface area contributed by atoms with E-state index in [1.807, 2.05) is 6.07 Å². The van der Waals surface area contributed by atoms with Crippen LogP contribution in [0.1, 0.15) is 30.9 Å². The molecule has 0 unspecified atom stereocenters. The highest BCUT2D eigenvalue weighted by Gasteiger charge is 2.47. The molecule has 1 aliphatic carbocycles. The van der Waals surface area contributed by atoms with Gasteiger partial charge in [-0.25, -0.2) is 22.2 Å². The van der Waals surface area contributed by atoms with Crippen LogP contribution in [0.3, 0.4) is 0 Å². The zero-order chi connectivity index (χ0) is 25.2. The topological polar surface area (TPSA) is 113 Å². The number of hydrogen-bond donors (Lipinski definition) is 1. The second-order valence-corrected chi connectivity index (χ2v) is 10.6. The van der Waals surface area contributed by atoms with Crippen LogP contribution in [0.15, 0.2) is 63.9 Å². The maximum absolute atomic E-state index is 14.3. The monoisotopic (exact) mass is 499 g/mol. The highest BCUT2D eigenvalue weighted by atomic mass is 32.2. The molecule has 7 nitrogen and oxygen atoms in total. The summed E-state index contributed by atoms with van der Waals surface area (Å²) in [5.41, 5.74) is 1.53. The van der Waals surface area contributed by atoms with Gasteiger partial charge >= 0.3 is 0 Å². The number of rotatable bonds is 6. The molecule has 4 rings (SSSR count). The van der Waals surface area contributed by atoms with Crippen molar-refractivity contribution in [3.63, 3.8) is 0 Å². The molecular weight excluding hydrogens is 476 g/mol. The first-order valence-corrected chi connectivity index (χ1v) is 12.9. The number of hydrogen-bond acceptors (Lipinski definition) is 6. The molecule has 1 heterocycles. The highest BCUT2D eigenvalue weighted by Crippen LogP contribution is 2.47. The molecule has 1 N–H and O–H groups in total. The summed E-state index contributed by atoms with van der Waals surface area (Å²) in [6.07, 6.45) is 0.00344. The van der Waals surface area contributed by atoms with Gasteiger partial charge in [0.1, 0.15) is 6.54 Å². The SMILES string of the molecule is CS(=O)(=O)c1ccc(-c2oc(-c3ccccc3)nc2[C@H]2CCC(F)(F)C[C@@H]2C(=O)NCC#N)cc1. The van der Waals surface area contributed by atoms with E-state index in [0.717, 1.165) is 6.26 Å². The molecule has 1 fully saturated rings. The molecule has 10 heteroatoms. The Hall–Kier alpha value is -3.58. The highest BCUT2D eigenvalue weighted by molar-refractivity contribution is 7.90. The predicted octanol–water partition coefficient (Wildman–Crippen LogP) is 4.57. The van der Waals surface area contributed by atoms with Crippen LogP contribution in [-0.4, -0.2) is 38.0 Å². The zero-order valence-corrected chi connectivity index (χ0v) is 19.7. The Morgan fingerprint density at radius 3 is 2.49 bits per heavy atom. The van der Waals surface area contributed by atoms with E-state index in [4.69, 9.17) is 9.68 Å². The van der Waals surface area contributed by atoms with Gasteiger partial charge in [0.05, 0.1) is 22.6 Å². The van der Waals surface area contributed by atoms with Crippen LogP contribution in [0.5, 0.6) is 0 Å². The number of nitrogens with one attached hydrogen (secondary N) is 1. The molecule has 1 saturated carbocycles. The maximum Gasteiger partial charge on any atom is 0.249 e. The predicted molar refractivity (Wildman–Crippen MR) is 124 cm³/mol. The minimum Gasteiger partial charge on any atom is -0.436 e. The van der Waals surface area contributed by atoms with E-state index in [2.05, 4.69) is 10.3 Å². The second kappa shape index (κ2) is 9.58. The second-order valence-electron chi connectivity index (χ2n) is 8.58. The molecule has 35 heavy (non-hydrogen) atoms. The fraction of sp³-hybridized carbons (Fsp3) is 0.320. The van der Waals surface area contributed by atoms with Crippen molar-refractivity contribution >= 4 is 15.7 Å². The minimum atomic E-state index is -3.42. The molecule has 182 valence electrons. The fourth-order valence-corrected chi connectivity index (χ4v) is 4.97. The first-order valence-electron chi connectivity index (χ1n) is 11.0. The van der Waals surface area contributed by atoms with Crippen LogP contribution in [0.4, 0.5) is 8.78 Å². The Labute approximate surface area is 201 Å². The third-order valence-electron chi connectivity index (χ3n) is 6.07. The number of aromatic nitrogens is 1. The van der Waals surface area contributed by atoms with Gasteiger partial charge in [0.2, 0.25) is 17.7 Å². The van der Waals surface area contributed by atoms with Crippen molar-refractivity contribution in [2.24, 2.45) is 5.92 Å². The Morgan fingerprint density at radius 1 is 1.17 bits per heavy atom. The lowest BCUT2D eigenvalue weighted by Crippen LogP contribution is -2.41. The number of benzene rings is 2. The van der Waals surface area contributed by atoms with Gasteiger partial charge in [0.15, 0.2) is 15.6 Å². The van der Waals surface area contributed by atoms with E-state index < -0.39 is 46.3 Å². The molecule has 0 bridgehead atoms. The summed E-state index contributed by atoms with van der Waals surface area (Å²) >= 11 is 0. The standard InChI is InChI=1S/C25H23F2N3O4S/c1-35(32,33)18-9-7-16(8-10-18)22-21(30-24(34-22)17-5-3-2-4-6-17)19-11-12-25(26,27)15-20(19)23(31)29-14-13-28/h2-10,19-20H,11-12,14-15H2,1H3,(H,29,31)/t19-,20-/m0/s1. The average Bonchev–Trinajstić information content (AvgIpc) is 3.27. The molecule has 1 aliphatic rings. The smallest absolute Gasteiger partial charge is 0.249 e. The third-order valence-corrected chi connectivity index (χ3v) is 7.20. The minimum absolute atomic E-state index is 0.00712. The summed E-state index contributed by atoms with van der Waals surface area (Å²) in [7, 11) is -3.42. The van der Waals surface area contributed by atoms with Crippen molar-refractivity contribution in [2.75, 3.05) is 12.8 Å². The van der Waals surface area contributed by atoms with E-state index in [1.165, 1.54) is 12.1 Å². The van der Waals surface area contributed by atoms with E-state index >= 15 is 0 Å². The number of nitrogens with zero attached hydrogens (tertiary/aromatic N) is 2. The summed E-state index contributed by atoms with van der Waals surface area (Å²) in [6.45, 7) is -0.290. The van der Waals surface area contributed by atoms with Crippen molar-refractivity contribution < 1.29 is 26.4 Å².